The molecule has 87 heavy (non-hydrogen) atoms. The quantitative estimate of drug-likeness (QED) is 0.0195. The lowest BCUT2D eigenvalue weighted by molar-refractivity contribution is -0.870. The van der Waals surface area contributed by atoms with Gasteiger partial charge >= 0.3 is 11.9 Å². The monoisotopic (exact) mass is 1240 g/mol. The second-order valence-electron chi connectivity index (χ2n) is 25.9. The maximum Gasteiger partial charge on any atom is 0.306 e. The molecular formula is C77H140NO8P. The zero-order chi connectivity index (χ0) is 63.4. The fourth-order valence-electron chi connectivity index (χ4n) is 10.6. The van der Waals surface area contributed by atoms with Gasteiger partial charge in [0.25, 0.3) is 7.82 Å². The van der Waals surface area contributed by atoms with Crippen molar-refractivity contribution in [1.82, 2.24) is 0 Å². The zero-order valence-electron chi connectivity index (χ0n) is 57.7. The minimum atomic E-state index is -4.65. The van der Waals surface area contributed by atoms with E-state index in [2.05, 4.69) is 98.9 Å². The first kappa shape index (κ1) is 84.2. The fourth-order valence-corrected chi connectivity index (χ4v) is 11.3. The number of carbonyl (C=O) groups excluding carboxylic acids is 2. The molecule has 0 spiro atoms. The normalized spacial score (nSPS) is 13.6. The van der Waals surface area contributed by atoms with Gasteiger partial charge in [-0.25, -0.2) is 0 Å². The van der Waals surface area contributed by atoms with Gasteiger partial charge in [-0.05, 0) is 70.6 Å². The number of allylic oxidation sites excluding steroid dienone is 14. The van der Waals surface area contributed by atoms with E-state index in [-0.39, 0.29) is 32.0 Å². The molecule has 0 aliphatic carbocycles. The van der Waals surface area contributed by atoms with E-state index in [0.29, 0.717) is 17.4 Å². The van der Waals surface area contributed by atoms with Gasteiger partial charge in [0.2, 0.25) is 0 Å². The molecule has 0 saturated heterocycles. The van der Waals surface area contributed by atoms with E-state index >= 15 is 0 Å². The largest absolute Gasteiger partial charge is 0.756 e. The van der Waals surface area contributed by atoms with Crippen molar-refractivity contribution in [2.45, 2.75) is 347 Å². The standard InChI is InChI=1S/C77H140NO8P/c1-6-8-10-12-14-16-18-20-22-24-26-28-30-32-34-36-37-38-39-40-41-42-44-46-48-50-52-54-56-58-60-62-64-66-68-70-77(80)86-75(74-85-87(81,82)84-72-71-78(3,4)5)73-83-76(79)69-67-65-63-61-59-57-55-53-51-49-47-45-43-35-33-31-29-27-25-23-21-19-17-15-13-11-9-7-2/h8,10,14,16,20,22,26,28,32,34,37-38,40-41,75H,6-7,9,11-13,15,17-19,21,23-25,27,29-31,33,35-36,39,42-74H2,1-5H3/b10-8-,16-14-,22-20-,28-26-,34-32-,38-37-,41-40-. The number of nitrogens with zero attached hydrogens (tertiary/aromatic N) is 1. The van der Waals surface area contributed by atoms with Crippen molar-refractivity contribution < 1.29 is 42.1 Å². The van der Waals surface area contributed by atoms with Crippen molar-refractivity contribution in [3.63, 3.8) is 0 Å². The van der Waals surface area contributed by atoms with Crippen molar-refractivity contribution in [3.05, 3.63) is 85.1 Å². The summed E-state index contributed by atoms with van der Waals surface area (Å²) in [5, 5.41) is 0. The third-order valence-electron chi connectivity index (χ3n) is 16.2. The first-order chi connectivity index (χ1) is 42.5. The van der Waals surface area contributed by atoms with Gasteiger partial charge in [0, 0.05) is 12.8 Å². The first-order valence-corrected chi connectivity index (χ1v) is 38.3. The lowest BCUT2D eigenvalue weighted by Gasteiger charge is -2.28. The lowest BCUT2D eigenvalue weighted by atomic mass is 10.0. The Morgan fingerprint density at radius 2 is 0.655 bits per heavy atom. The lowest BCUT2D eigenvalue weighted by Crippen LogP contribution is -2.37. The molecule has 0 aromatic heterocycles. The topological polar surface area (TPSA) is 111 Å². The molecule has 0 aromatic carbocycles. The third kappa shape index (κ3) is 72.1. The Bertz CT molecular complexity index is 1740. The molecule has 0 radical (unpaired) electrons. The maximum atomic E-state index is 12.9. The van der Waals surface area contributed by atoms with Crippen molar-refractivity contribution in [3.8, 4) is 0 Å². The zero-order valence-corrected chi connectivity index (χ0v) is 58.6. The summed E-state index contributed by atoms with van der Waals surface area (Å²) in [6.07, 6.45) is 92.5. The van der Waals surface area contributed by atoms with Crippen LogP contribution in [0.15, 0.2) is 85.1 Å². The first-order valence-electron chi connectivity index (χ1n) is 36.8. The molecule has 0 bridgehead atoms. The summed E-state index contributed by atoms with van der Waals surface area (Å²) in [5.74, 6) is -0.821. The molecule has 9 nitrogen and oxygen atoms in total. The molecule has 0 heterocycles. The SMILES string of the molecule is CC/C=C\C/C=C\C/C=C\C/C=C\C/C=C\C/C=C\C/C=C\CCCCCCCCCCCCCCCC(=O)OC(COC(=O)CCCCCCCCCCCCCCCCCCCCCCCCCCCCCC)COP(=O)([O-])OCC[N+](C)(C)C. The Morgan fingerprint density at radius 1 is 0.368 bits per heavy atom. The van der Waals surface area contributed by atoms with Crippen LogP contribution in [-0.2, 0) is 32.7 Å². The van der Waals surface area contributed by atoms with Crippen LogP contribution in [0.1, 0.15) is 341 Å². The number of quaternary nitrogens is 1. The number of phosphoric acid groups is 1. The van der Waals surface area contributed by atoms with Crippen molar-refractivity contribution >= 4 is 19.8 Å². The highest BCUT2D eigenvalue weighted by molar-refractivity contribution is 7.45. The van der Waals surface area contributed by atoms with E-state index in [1.807, 2.05) is 21.1 Å². The summed E-state index contributed by atoms with van der Waals surface area (Å²) in [4.78, 5) is 38.1. The Balaban J connectivity index is 4.02. The summed E-state index contributed by atoms with van der Waals surface area (Å²) in [6, 6.07) is 0. The Morgan fingerprint density at radius 3 is 0.977 bits per heavy atom. The molecular weight excluding hydrogens is 1100 g/mol. The second kappa shape index (κ2) is 67.6. The average Bonchev–Trinajstić information content (AvgIpc) is 3.67. The van der Waals surface area contributed by atoms with E-state index in [9.17, 15) is 19.0 Å². The van der Waals surface area contributed by atoms with Gasteiger partial charge < -0.3 is 27.9 Å². The Labute approximate surface area is 539 Å². The van der Waals surface area contributed by atoms with Crippen LogP contribution in [0.3, 0.4) is 0 Å². The summed E-state index contributed by atoms with van der Waals surface area (Å²) >= 11 is 0. The third-order valence-corrected chi connectivity index (χ3v) is 17.1. The van der Waals surface area contributed by atoms with Gasteiger partial charge in [-0.2, -0.15) is 0 Å². The van der Waals surface area contributed by atoms with E-state index in [1.165, 1.54) is 225 Å². The summed E-state index contributed by atoms with van der Waals surface area (Å²) in [6.45, 7) is 4.18. The Kier molecular flexibility index (Phi) is 65.4. The number of carbonyl (C=O) groups is 2. The molecule has 0 aliphatic heterocycles. The fraction of sp³-hybridized carbons (Fsp3) is 0.792. The molecule has 2 unspecified atom stereocenters. The van der Waals surface area contributed by atoms with Gasteiger partial charge in [-0.1, -0.05) is 343 Å². The molecule has 0 saturated carbocycles. The molecule has 0 N–H and O–H groups in total. The number of esters is 2. The van der Waals surface area contributed by atoms with Gasteiger partial charge in [0.1, 0.15) is 19.8 Å². The number of unbranched alkanes of at least 4 members (excludes halogenated alkanes) is 40. The van der Waals surface area contributed by atoms with E-state index in [1.54, 1.807) is 0 Å². The highest BCUT2D eigenvalue weighted by Gasteiger charge is 2.22. The van der Waals surface area contributed by atoms with E-state index in [0.717, 1.165) is 83.5 Å². The number of likely N-dealkylation sites (N-methyl/N-ethyl adjacent to an activating group) is 1. The molecule has 0 aliphatic rings. The molecule has 2 atom stereocenters. The van der Waals surface area contributed by atoms with Gasteiger partial charge in [-0.3, -0.25) is 14.2 Å². The summed E-state index contributed by atoms with van der Waals surface area (Å²) in [5.41, 5.74) is 0. The molecule has 506 valence electrons. The molecule has 0 fully saturated rings. The predicted molar refractivity (Wildman–Crippen MR) is 374 cm³/mol. The van der Waals surface area contributed by atoms with Crippen LogP contribution in [0.2, 0.25) is 0 Å². The highest BCUT2D eigenvalue weighted by Crippen LogP contribution is 2.38. The van der Waals surface area contributed by atoms with Crippen LogP contribution >= 0.6 is 7.82 Å². The van der Waals surface area contributed by atoms with Crippen molar-refractivity contribution in [2.24, 2.45) is 0 Å². The highest BCUT2D eigenvalue weighted by atomic mass is 31.2. The van der Waals surface area contributed by atoms with Gasteiger partial charge in [0.05, 0.1) is 27.7 Å². The van der Waals surface area contributed by atoms with Crippen molar-refractivity contribution in [2.75, 3.05) is 47.5 Å². The maximum absolute atomic E-state index is 12.9. The van der Waals surface area contributed by atoms with Gasteiger partial charge in [-0.15, -0.1) is 0 Å². The average molecular weight is 1240 g/mol. The van der Waals surface area contributed by atoms with Crippen molar-refractivity contribution in [1.29, 1.82) is 0 Å². The van der Waals surface area contributed by atoms with Crippen LogP contribution in [0, 0.1) is 0 Å². The number of ether oxygens (including phenoxy) is 2. The summed E-state index contributed by atoms with van der Waals surface area (Å²) in [7, 11) is 1.17. The molecule has 0 amide bonds. The van der Waals surface area contributed by atoms with Crippen LogP contribution in [-0.4, -0.2) is 70.0 Å². The number of hydrogen-bond donors (Lipinski definition) is 0. The smallest absolute Gasteiger partial charge is 0.306 e. The number of rotatable bonds is 68. The second-order valence-corrected chi connectivity index (χ2v) is 27.3. The van der Waals surface area contributed by atoms with Crippen LogP contribution in [0.5, 0.6) is 0 Å². The van der Waals surface area contributed by atoms with Crippen LogP contribution in [0.25, 0.3) is 0 Å². The minimum Gasteiger partial charge on any atom is -0.756 e. The molecule has 0 aromatic rings. The number of hydrogen-bond acceptors (Lipinski definition) is 8. The van der Waals surface area contributed by atoms with E-state index < -0.39 is 26.5 Å². The minimum absolute atomic E-state index is 0.0316. The van der Waals surface area contributed by atoms with Gasteiger partial charge in [0.15, 0.2) is 6.10 Å². The predicted octanol–water partition coefficient (Wildman–Crippen LogP) is 23.5. The number of phosphoric ester groups is 1. The van der Waals surface area contributed by atoms with Crippen LogP contribution in [0.4, 0.5) is 0 Å². The summed E-state index contributed by atoms with van der Waals surface area (Å²) < 4.78 is 34.4. The van der Waals surface area contributed by atoms with Crippen LogP contribution < -0.4 is 4.89 Å². The molecule has 10 heteroatoms. The van der Waals surface area contributed by atoms with E-state index in [4.69, 9.17) is 18.5 Å². The molecule has 0 rings (SSSR count). The Hall–Kier alpha value is -2.81.